The van der Waals surface area contributed by atoms with E-state index in [0.29, 0.717) is 18.2 Å². The number of nitrogens with one attached hydrogen (secondary N) is 1. The Morgan fingerprint density at radius 2 is 2.00 bits per heavy atom. The summed E-state index contributed by atoms with van der Waals surface area (Å²) in [5, 5.41) is 3.52. The molecule has 0 bridgehead atoms. The first-order valence-electron chi connectivity index (χ1n) is 7.43. The molecule has 112 valence electrons. The molecule has 20 heavy (non-hydrogen) atoms. The number of piperazine rings is 1. The third kappa shape index (κ3) is 3.01. The Morgan fingerprint density at radius 1 is 1.30 bits per heavy atom. The highest BCUT2D eigenvalue weighted by Gasteiger charge is 2.37. The predicted molar refractivity (Wildman–Crippen MR) is 77.5 cm³/mol. The van der Waals surface area contributed by atoms with E-state index in [1.807, 2.05) is 0 Å². The van der Waals surface area contributed by atoms with E-state index in [-0.39, 0.29) is 5.54 Å². The lowest BCUT2D eigenvalue weighted by molar-refractivity contribution is 0.0270. The fourth-order valence-electron chi connectivity index (χ4n) is 3.10. The highest BCUT2D eigenvalue weighted by Crippen LogP contribution is 2.29. The molecular weight excluding hydrogens is 258 g/mol. The molecule has 1 saturated heterocycles. The zero-order valence-corrected chi connectivity index (χ0v) is 12.5. The summed E-state index contributed by atoms with van der Waals surface area (Å²) >= 11 is 0. The zero-order valence-electron chi connectivity index (χ0n) is 12.5. The van der Waals surface area contributed by atoms with E-state index in [1.165, 1.54) is 6.07 Å². The molecule has 0 amide bonds. The van der Waals surface area contributed by atoms with Gasteiger partial charge in [-0.15, -0.1) is 0 Å². The first-order chi connectivity index (χ1) is 9.50. The fraction of sp³-hybridized carbons (Fsp3) is 0.625. The number of hydrogen-bond donors (Lipinski definition) is 1. The summed E-state index contributed by atoms with van der Waals surface area (Å²) in [6, 6.07) is 4.27. The topological polar surface area (TPSA) is 15.3 Å². The van der Waals surface area contributed by atoms with Crippen LogP contribution in [0.4, 0.5) is 8.78 Å². The van der Waals surface area contributed by atoms with Gasteiger partial charge in [-0.05, 0) is 25.8 Å². The molecule has 1 atom stereocenters. The van der Waals surface area contributed by atoms with Gasteiger partial charge in [-0.1, -0.05) is 19.9 Å². The average Bonchev–Trinajstić information content (AvgIpc) is 2.43. The molecule has 2 rings (SSSR count). The van der Waals surface area contributed by atoms with E-state index >= 15 is 0 Å². The van der Waals surface area contributed by atoms with Crippen LogP contribution in [0.15, 0.2) is 18.2 Å². The van der Waals surface area contributed by atoms with Crippen LogP contribution in [0.25, 0.3) is 0 Å². The van der Waals surface area contributed by atoms with Crippen molar-refractivity contribution < 1.29 is 8.78 Å². The molecule has 0 aromatic heterocycles. The summed E-state index contributed by atoms with van der Waals surface area (Å²) in [5.74, 6) is -0.963. The SMILES string of the molecule is CCC1(CC)CNC(C)CN1Cc1ccc(F)cc1F. The van der Waals surface area contributed by atoms with Gasteiger partial charge in [-0.2, -0.15) is 0 Å². The van der Waals surface area contributed by atoms with Crippen molar-refractivity contribution in [2.24, 2.45) is 0 Å². The lowest BCUT2D eigenvalue weighted by Gasteiger charge is -2.49. The van der Waals surface area contributed by atoms with Crippen LogP contribution in [-0.4, -0.2) is 29.6 Å². The van der Waals surface area contributed by atoms with Gasteiger partial charge in [0.05, 0.1) is 0 Å². The Morgan fingerprint density at radius 3 is 2.60 bits per heavy atom. The molecule has 0 aliphatic carbocycles. The van der Waals surface area contributed by atoms with Crippen molar-refractivity contribution in [2.45, 2.75) is 51.7 Å². The maximum Gasteiger partial charge on any atom is 0.130 e. The monoisotopic (exact) mass is 282 g/mol. The average molecular weight is 282 g/mol. The Hall–Kier alpha value is -1.00. The summed E-state index contributed by atoms with van der Waals surface area (Å²) in [6.45, 7) is 8.84. The Labute approximate surface area is 120 Å². The largest absolute Gasteiger partial charge is 0.311 e. The second-order valence-electron chi connectivity index (χ2n) is 5.83. The third-order valence-electron chi connectivity index (χ3n) is 4.64. The van der Waals surface area contributed by atoms with E-state index in [1.54, 1.807) is 6.07 Å². The maximum atomic E-state index is 13.9. The predicted octanol–water partition coefficient (Wildman–Crippen LogP) is 3.32. The molecule has 0 saturated carbocycles. The quantitative estimate of drug-likeness (QED) is 0.911. The van der Waals surface area contributed by atoms with Gasteiger partial charge in [0.15, 0.2) is 0 Å². The fourth-order valence-corrected chi connectivity index (χ4v) is 3.10. The lowest BCUT2D eigenvalue weighted by Crippen LogP contribution is -2.63. The summed E-state index contributed by atoms with van der Waals surface area (Å²) in [6.07, 6.45) is 2.04. The zero-order chi connectivity index (χ0) is 14.8. The second-order valence-corrected chi connectivity index (χ2v) is 5.83. The van der Waals surface area contributed by atoms with Crippen molar-refractivity contribution in [3.8, 4) is 0 Å². The summed E-state index contributed by atoms with van der Waals surface area (Å²) in [4.78, 5) is 2.35. The Kier molecular flexibility index (Phi) is 4.76. The molecule has 1 aliphatic rings. The molecule has 1 aliphatic heterocycles. The van der Waals surface area contributed by atoms with E-state index < -0.39 is 11.6 Å². The van der Waals surface area contributed by atoms with Gasteiger partial charge >= 0.3 is 0 Å². The van der Waals surface area contributed by atoms with Crippen LogP contribution >= 0.6 is 0 Å². The Balaban J connectivity index is 2.23. The van der Waals surface area contributed by atoms with Crippen LogP contribution in [0.1, 0.15) is 39.2 Å². The second kappa shape index (κ2) is 6.19. The van der Waals surface area contributed by atoms with Gasteiger partial charge in [0.2, 0.25) is 0 Å². The van der Waals surface area contributed by atoms with Crippen molar-refractivity contribution in [1.82, 2.24) is 10.2 Å². The van der Waals surface area contributed by atoms with Crippen molar-refractivity contribution in [3.05, 3.63) is 35.4 Å². The van der Waals surface area contributed by atoms with Gasteiger partial charge in [-0.25, -0.2) is 8.78 Å². The molecule has 1 aromatic rings. The Bertz CT molecular complexity index is 458. The van der Waals surface area contributed by atoms with E-state index in [2.05, 4.69) is 31.0 Å². The molecule has 1 aromatic carbocycles. The molecule has 1 heterocycles. The van der Waals surface area contributed by atoms with Crippen molar-refractivity contribution >= 4 is 0 Å². The van der Waals surface area contributed by atoms with Gasteiger partial charge < -0.3 is 5.32 Å². The molecule has 0 radical (unpaired) electrons. The van der Waals surface area contributed by atoms with Crippen molar-refractivity contribution in [3.63, 3.8) is 0 Å². The smallest absolute Gasteiger partial charge is 0.130 e. The number of nitrogens with zero attached hydrogens (tertiary/aromatic N) is 1. The number of benzene rings is 1. The maximum absolute atomic E-state index is 13.9. The van der Waals surface area contributed by atoms with Crippen LogP contribution in [0.5, 0.6) is 0 Å². The first kappa shape index (κ1) is 15.4. The normalized spacial score (nSPS) is 22.9. The number of rotatable bonds is 4. The van der Waals surface area contributed by atoms with Gasteiger partial charge in [0, 0.05) is 42.8 Å². The van der Waals surface area contributed by atoms with Gasteiger partial charge in [-0.3, -0.25) is 4.90 Å². The third-order valence-corrected chi connectivity index (χ3v) is 4.64. The number of hydrogen-bond acceptors (Lipinski definition) is 2. The van der Waals surface area contributed by atoms with E-state index in [4.69, 9.17) is 0 Å². The van der Waals surface area contributed by atoms with E-state index in [9.17, 15) is 8.78 Å². The molecular formula is C16H24F2N2. The van der Waals surface area contributed by atoms with Crippen LogP contribution in [0.3, 0.4) is 0 Å². The number of halogens is 2. The minimum atomic E-state index is -0.517. The molecule has 2 nitrogen and oxygen atoms in total. The van der Waals surface area contributed by atoms with Gasteiger partial charge in [0.25, 0.3) is 0 Å². The van der Waals surface area contributed by atoms with Gasteiger partial charge in [0.1, 0.15) is 11.6 Å². The van der Waals surface area contributed by atoms with Crippen molar-refractivity contribution in [1.29, 1.82) is 0 Å². The summed E-state index contributed by atoms with van der Waals surface area (Å²) in [7, 11) is 0. The molecule has 0 spiro atoms. The minimum absolute atomic E-state index is 0.0628. The van der Waals surface area contributed by atoms with E-state index in [0.717, 1.165) is 32.0 Å². The first-order valence-corrected chi connectivity index (χ1v) is 7.43. The highest BCUT2D eigenvalue weighted by molar-refractivity contribution is 5.19. The minimum Gasteiger partial charge on any atom is -0.311 e. The van der Waals surface area contributed by atoms with Crippen molar-refractivity contribution in [2.75, 3.05) is 13.1 Å². The molecule has 1 unspecified atom stereocenters. The summed E-state index contributed by atoms with van der Waals surface area (Å²) < 4.78 is 26.9. The molecule has 1 N–H and O–H groups in total. The summed E-state index contributed by atoms with van der Waals surface area (Å²) in [5.41, 5.74) is 0.639. The molecule has 1 fully saturated rings. The van der Waals surface area contributed by atoms with Crippen LogP contribution in [0, 0.1) is 11.6 Å². The lowest BCUT2D eigenvalue weighted by atomic mass is 9.87. The van der Waals surface area contributed by atoms with Crippen LogP contribution in [0.2, 0.25) is 0 Å². The highest BCUT2D eigenvalue weighted by atomic mass is 19.1. The standard InChI is InChI=1S/C16H24F2N2/c1-4-16(5-2)11-19-12(3)9-20(16)10-13-6-7-14(17)8-15(13)18/h6-8,12,19H,4-5,9-11H2,1-3H3. The van der Waals surface area contributed by atoms with Crippen LogP contribution in [-0.2, 0) is 6.54 Å². The van der Waals surface area contributed by atoms with Crippen LogP contribution < -0.4 is 5.32 Å². The molecule has 4 heteroatoms.